The van der Waals surface area contributed by atoms with Crippen LogP contribution < -0.4 is 0 Å². The molecular formula is C13H16N2O2S. The highest BCUT2D eigenvalue weighted by molar-refractivity contribution is 7.17. The molecule has 0 amide bonds. The Morgan fingerprint density at radius 1 is 1.67 bits per heavy atom. The Labute approximate surface area is 110 Å². The van der Waals surface area contributed by atoms with Gasteiger partial charge in [0.2, 0.25) is 0 Å². The summed E-state index contributed by atoms with van der Waals surface area (Å²) in [6, 6.07) is 0. The van der Waals surface area contributed by atoms with Crippen LogP contribution in [0.15, 0.2) is 6.20 Å². The third-order valence-corrected chi connectivity index (χ3v) is 4.76. The van der Waals surface area contributed by atoms with Crippen molar-refractivity contribution in [2.75, 3.05) is 6.61 Å². The third-order valence-electron chi connectivity index (χ3n) is 3.43. The molecule has 1 atom stereocenters. The number of carbonyl (C=O) groups excluding carboxylic acids is 1. The minimum Gasteiger partial charge on any atom is -0.461 e. The Bertz CT molecular complexity index is 599. The minimum atomic E-state index is -0.328. The van der Waals surface area contributed by atoms with Gasteiger partial charge in [0.05, 0.1) is 6.61 Å². The van der Waals surface area contributed by atoms with Crippen LogP contribution in [-0.2, 0) is 11.2 Å². The Kier molecular flexibility index (Phi) is 2.86. The molecule has 96 valence electrons. The van der Waals surface area contributed by atoms with Crippen molar-refractivity contribution in [3.05, 3.63) is 22.5 Å². The van der Waals surface area contributed by atoms with Crippen molar-refractivity contribution >= 4 is 22.3 Å². The number of thiazole rings is 1. The van der Waals surface area contributed by atoms with Gasteiger partial charge in [-0.15, -0.1) is 11.3 Å². The molecule has 0 radical (unpaired) electrons. The quantitative estimate of drug-likeness (QED) is 0.783. The van der Waals surface area contributed by atoms with E-state index in [-0.39, 0.29) is 5.97 Å². The highest BCUT2D eigenvalue weighted by Crippen LogP contribution is 2.37. The summed E-state index contributed by atoms with van der Waals surface area (Å²) in [7, 11) is 0. The van der Waals surface area contributed by atoms with Crippen LogP contribution in [0.25, 0.3) is 4.96 Å². The molecule has 3 rings (SSSR count). The van der Waals surface area contributed by atoms with Gasteiger partial charge in [-0.05, 0) is 32.1 Å². The molecular weight excluding hydrogens is 248 g/mol. The molecule has 1 aliphatic rings. The second kappa shape index (κ2) is 4.39. The summed E-state index contributed by atoms with van der Waals surface area (Å²) in [6.45, 7) is 4.46. The van der Waals surface area contributed by atoms with Crippen molar-refractivity contribution in [1.82, 2.24) is 9.38 Å². The molecule has 18 heavy (non-hydrogen) atoms. The predicted molar refractivity (Wildman–Crippen MR) is 70.4 cm³/mol. The summed E-state index contributed by atoms with van der Waals surface area (Å²) in [5.41, 5.74) is 1.75. The fourth-order valence-electron chi connectivity index (χ4n) is 2.54. The molecule has 4 nitrogen and oxygen atoms in total. The third kappa shape index (κ3) is 1.73. The number of imidazole rings is 1. The van der Waals surface area contributed by atoms with Crippen LogP contribution in [0.3, 0.4) is 0 Å². The van der Waals surface area contributed by atoms with E-state index in [4.69, 9.17) is 4.74 Å². The molecule has 5 heteroatoms. The lowest BCUT2D eigenvalue weighted by atomic mass is 9.93. The highest BCUT2D eigenvalue weighted by atomic mass is 32.1. The maximum atomic E-state index is 11.7. The number of carbonyl (C=O) groups is 1. The summed E-state index contributed by atoms with van der Waals surface area (Å²) in [4.78, 5) is 18.4. The summed E-state index contributed by atoms with van der Waals surface area (Å²) < 4.78 is 7.05. The monoisotopic (exact) mass is 264 g/mol. The van der Waals surface area contributed by atoms with Crippen LogP contribution in [-0.4, -0.2) is 22.0 Å². The number of hydrogen-bond donors (Lipinski definition) is 0. The van der Waals surface area contributed by atoms with E-state index in [0.717, 1.165) is 11.4 Å². The topological polar surface area (TPSA) is 43.6 Å². The van der Waals surface area contributed by atoms with Crippen LogP contribution in [0.5, 0.6) is 0 Å². The minimum absolute atomic E-state index is 0.328. The second-order valence-corrected chi connectivity index (χ2v) is 5.71. The molecule has 0 aliphatic heterocycles. The van der Waals surface area contributed by atoms with Gasteiger partial charge in [0.25, 0.3) is 0 Å². The predicted octanol–water partition coefficient (Wildman–Crippen LogP) is 3.01. The van der Waals surface area contributed by atoms with Gasteiger partial charge >= 0.3 is 5.97 Å². The smallest absolute Gasteiger partial charge is 0.358 e. The van der Waals surface area contributed by atoms with E-state index < -0.39 is 0 Å². The SMILES string of the molecule is CCOC(=O)c1cn2c3c(sc2n1)C(C)CCC3. The van der Waals surface area contributed by atoms with Crippen LogP contribution in [0, 0.1) is 0 Å². The molecule has 1 unspecified atom stereocenters. The van der Waals surface area contributed by atoms with Crippen molar-refractivity contribution in [3.8, 4) is 0 Å². The van der Waals surface area contributed by atoms with Crippen molar-refractivity contribution < 1.29 is 9.53 Å². The second-order valence-electron chi connectivity index (χ2n) is 4.71. The molecule has 0 saturated heterocycles. The van der Waals surface area contributed by atoms with Crippen molar-refractivity contribution in [2.45, 2.75) is 39.0 Å². The number of fused-ring (bicyclic) bond motifs is 3. The zero-order valence-corrected chi connectivity index (χ0v) is 11.4. The van der Waals surface area contributed by atoms with Crippen LogP contribution in [0.1, 0.15) is 53.7 Å². The van der Waals surface area contributed by atoms with Crippen LogP contribution in [0.4, 0.5) is 0 Å². The molecule has 2 aromatic heterocycles. The first-order chi connectivity index (χ1) is 8.70. The number of nitrogens with zero attached hydrogens (tertiary/aromatic N) is 2. The summed E-state index contributed by atoms with van der Waals surface area (Å²) in [6.07, 6.45) is 5.37. The van der Waals surface area contributed by atoms with Gasteiger partial charge in [-0.25, -0.2) is 9.78 Å². The van der Waals surface area contributed by atoms with E-state index in [0.29, 0.717) is 18.2 Å². The standard InChI is InChI=1S/C13H16N2O2S/c1-3-17-12(16)9-7-15-10-6-4-5-8(2)11(10)18-13(15)14-9/h7-8H,3-6H2,1-2H3. The fraction of sp³-hybridized carbons (Fsp3) is 0.538. The average Bonchev–Trinajstić information content (AvgIpc) is 2.88. The first-order valence-corrected chi connectivity index (χ1v) is 7.20. The lowest BCUT2D eigenvalue weighted by Gasteiger charge is -2.17. The highest BCUT2D eigenvalue weighted by Gasteiger charge is 2.24. The van der Waals surface area contributed by atoms with E-state index in [2.05, 4.69) is 16.3 Å². The molecule has 2 heterocycles. The first kappa shape index (κ1) is 11.7. The molecule has 0 N–H and O–H groups in total. The maximum absolute atomic E-state index is 11.7. The molecule has 2 aromatic rings. The van der Waals surface area contributed by atoms with Gasteiger partial charge in [0.1, 0.15) is 0 Å². The molecule has 0 saturated carbocycles. The molecule has 0 bridgehead atoms. The first-order valence-electron chi connectivity index (χ1n) is 6.38. The summed E-state index contributed by atoms with van der Waals surface area (Å²) in [5.74, 6) is 0.289. The number of esters is 1. The Hall–Kier alpha value is -1.36. The lowest BCUT2D eigenvalue weighted by Crippen LogP contribution is -2.07. The Balaban J connectivity index is 2.04. The normalized spacial score (nSPS) is 18.9. The zero-order chi connectivity index (χ0) is 12.7. The van der Waals surface area contributed by atoms with Crippen molar-refractivity contribution in [1.29, 1.82) is 0 Å². The largest absolute Gasteiger partial charge is 0.461 e. The number of aromatic nitrogens is 2. The van der Waals surface area contributed by atoms with Crippen molar-refractivity contribution in [3.63, 3.8) is 0 Å². The van der Waals surface area contributed by atoms with Gasteiger partial charge in [-0.3, -0.25) is 4.40 Å². The lowest BCUT2D eigenvalue weighted by molar-refractivity contribution is 0.0520. The molecule has 0 spiro atoms. The molecule has 0 aromatic carbocycles. The average molecular weight is 264 g/mol. The van der Waals surface area contributed by atoms with Gasteiger partial charge in [-0.2, -0.15) is 0 Å². The van der Waals surface area contributed by atoms with Gasteiger partial charge in [0, 0.05) is 16.8 Å². The van der Waals surface area contributed by atoms with Crippen LogP contribution >= 0.6 is 11.3 Å². The summed E-state index contributed by atoms with van der Waals surface area (Å²) >= 11 is 1.71. The number of hydrogen-bond acceptors (Lipinski definition) is 4. The van der Waals surface area contributed by atoms with E-state index >= 15 is 0 Å². The van der Waals surface area contributed by atoms with Crippen molar-refractivity contribution in [2.24, 2.45) is 0 Å². The molecule has 0 fully saturated rings. The molecule has 1 aliphatic carbocycles. The van der Waals surface area contributed by atoms with E-state index in [9.17, 15) is 4.79 Å². The number of aryl methyl sites for hydroxylation is 1. The zero-order valence-electron chi connectivity index (χ0n) is 10.6. The summed E-state index contributed by atoms with van der Waals surface area (Å²) in [5, 5.41) is 0. The van der Waals surface area contributed by atoms with Gasteiger partial charge < -0.3 is 4.74 Å². The fourth-order valence-corrected chi connectivity index (χ4v) is 3.78. The van der Waals surface area contributed by atoms with Crippen LogP contribution in [0.2, 0.25) is 0 Å². The Morgan fingerprint density at radius 3 is 3.28 bits per heavy atom. The maximum Gasteiger partial charge on any atom is 0.358 e. The van der Waals surface area contributed by atoms with E-state index in [1.54, 1.807) is 18.3 Å². The van der Waals surface area contributed by atoms with Gasteiger partial charge in [-0.1, -0.05) is 6.92 Å². The Morgan fingerprint density at radius 2 is 2.50 bits per heavy atom. The van der Waals surface area contributed by atoms with E-state index in [1.165, 1.54) is 23.4 Å². The number of ether oxygens (including phenoxy) is 1. The number of rotatable bonds is 2. The van der Waals surface area contributed by atoms with Gasteiger partial charge in [0.15, 0.2) is 10.7 Å². The van der Waals surface area contributed by atoms with E-state index in [1.807, 2.05) is 6.20 Å².